The van der Waals surface area contributed by atoms with E-state index in [-0.39, 0.29) is 0 Å². The predicted octanol–water partition coefficient (Wildman–Crippen LogP) is 14.1. The van der Waals surface area contributed by atoms with Gasteiger partial charge in [0.05, 0.1) is 5.41 Å². The minimum Gasteiger partial charge on any atom is -0.456 e. The van der Waals surface area contributed by atoms with Gasteiger partial charge in [-0.1, -0.05) is 165 Å². The first-order valence-electron chi connectivity index (χ1n) is 19.0. The van der Waals surface area contributed by atoms with Gasteiger partial charge in [-0.05, 0) is 99.0 Å². The molecular formula is C53H39NO. The van der Waals surface area contributed by atoms with E-state index in [0.717, 1.165) is 63.5 Å². The van der Waals surface area contributed by atoms with Crippen LogP contribution in [0.1, 0.15) is 40.7 Å². The molecule has 0 saturated heterocycles. The lowest BCUT2D eigenvalue weighted by atomic mass is 9.65. The summed E-state index contributed by atoms with van der Waals surface area (Å²) < 4.78 is 7.10. The molecule has 1 aliphatic carbocycles. The highest BCUT2D eigenvalue weighted by atomic mass is 16.5. The van der Waals surface area contributed by atoms with E-state index >= 15 is 0 Å². The number of allylic oxidation sites excluding steroid dienone is 2. The van der Waals surface area contributed by atoms with Crippen LogP contribution in [0, 0.1) is 0 Å². The van der Waals surface area contributed by atoms with Crippen molar-refractivity contribution in [3.05, 3.63) is 235 Å². The molecule has 0 bridgehead atoms. The highest BCUT2D eigenvalue weighted by Crippen LogP contribution is 2.63. The average molecular weight is 706 g/mol. The maximum absolute atomic E-state index is 7.10. The third kappa shape index (κ3) is 5.25. The van der Waals surface area contributed by atoms with Gasteiger partial charge in [0, 0.05) is 33.8 Å². The van der Waals surface area contributed by atoms with E-state index in [1.165, 1.54) is 44.3 Å². The molecule has 1 aliphatic heterocycles. The van der Waals surface area contributed by atoms with E-state index in [4.69, 9.17) is 11.3 Å². The van der Waals surface area contributed by atoms with Crippen molar-refractivity contribution in [2.45, 2.75) is 18.3 Å². The molecule has 8 aromatic carbocycles. The van der Waals surface area contributed by atoms with Crippen LogP contribution < -0.4 is 9.64 Å². The third-order valence-electron chi connectivity index (χ3n) is 11.5. The van der Waals surface area contributed by atoms with Crippen LogP contribution in [0.4, 0.5) is 11.4 Å². The number of fused-ring (bicyclic) bond motifs is 10. The topological polar surface area (TPSA) is 12.5 Å². The van der Waals surface area contributed by atoms with Gasteiger partial charge < -0.3 is 9.64 Å². The average Bonchev–Trinajstić information content (AvgIpc) is 3.54. The van der Waals surface area contributed by atoms with Gasteiger partial charge in [0.2, 0.25) is 0 Å². The molecule has 8 aromatic rings. The Labute approximate surface area is 322 Å². The number of para-hydroxylation sites is 2. The molecule has 262 valence electrons. The summed E-state index contributed by atoms with van der Waals surface area (Å²) in [6, 6.07) is 67.3. The van der Waals surface area contributed by atoms with Crippen molar-refractivity contribution in [2.75, 3.05) is 4.90 Å². The molecule has 1 spiro atoms. The summed E-state index contributed by atoms with van der Waals surface area (Å²) in [6.07, 6.45) is 1.44. The summed E-state index contributed by atoms with van der Waals surface area (Å²) in [5.74, 6) is 1.76. The summed E-state index contributed by atoms with van der Waals surface area (Å²) in [5, 5.41) is 2.36. The number of anilines is 2. The second-order valence-corrected chi connectivity index (χ2v) is 14.6. The minimum absolute atomic E-state index is 0.546. The molecule has 0 fully saturated rings. The van der Waals surface area contributed by atoms with E-state index in [0.29, 0.717) is 0 Å². The Morgan fingerprint density at radius 3 is 1.71 bits per heavy atom. The maximum atomic E-state index is 7.10. The Kier molecular flexibility index (Phi) is 7.85. The van der Waals surface area contributed by atoms with E-state index < -0.39 is 5.41 Å². The van der Waals surface area contributed by atoms with Crippen LogP contribution in [0.2, 0.25) is 0 Å². The van der Waals surface area contributed by atoms with Crippen LogP contribution in [0.25, 0.3) is 38.6 Å². The zero-order chi connectivity index (χ0) is 36.9. The molecule has 1 heterocycles. The molecular weight excluding hydrogens is 667 g/mol. The van der Waals surface area contributed by atoms with Crippen LogP contribution in [0.3, 0.4) is 0 Å². The lowest BCUT2D eigenvalue weighted by molar-refractivity contribution is 0.435. The monoisotopic (exact) mass is 705 g/mol. The lowest BCUT2D eigenvalue weighted by Gasteiger charge is -2.40. The third-order valence-corrected chi connectivity index (χ3v) is 11.5. The second kappa shape index (κ2) is 13.2. The largest absolute Gasteiger partial charge is 0.456 e. The van der Waals surface area contributed by atoms with Gasteiger partial charge in [-0.25, -0.2) is 0 Å². The fraction of sp³-hybridized carbons (Fsp3) is 0.0566. The Hall–Kier alpha value is -6.90. The number of benzene rings is 8. The molecule has 0 N–H and O–H groups in total. The van der Waals surface area contributed by atoms with Crippen molar-refractivity contribution in [3.8, 4) is 33.8 Å². The summed E-state index contributed by atoms with van der Waals surface area (Å²) in [5.41, 5.74) is 14.5. The molecule has 0 unspecified atom stereocenters. The number of nitrogens with zero attached hydrogens (tertiary/aromatic N) is 1. The van der Waals surface area contributed by atoms with Crippen LogP contribution in [-0.4, -0.2) is 0 Å². The number of hydrogen-bond acceptors (Lipinski definition) is 2. The first kappa shape index (κ1) is 32.7. The highest BCUT2D eigenvalue weighted by molar-refractivity contribution is 5.93. The molecule has 0 saturated carbocycles. The quantitative estimate of drug-likeness (QED) is 0.156. The molecule has 55 heavy (non-hydrogen) atoms. The van der Waals surface area contributed by atoms with Crippen LogP contribution in [-0.2, 0) is 5.41 Å². The normalized spacial score (nSPS) is 12.9. The highest BCUT2D eigenvalue weighted by Gasteiger charge is 2.51. The molecule has 2 aliphatic rings. The van der Waals surface area contributed by atoms with Crippen molar-refractivity contribution >= 4 is 27.7 Å². The maximum Gasteiger partial charge on any atom is 0.139 e. The minimum atomic E-state index is -0.546. The van der Waals surface area contributed by atoms with Gasteiger partial charge in [0.1, 0.15) is 11.5 Å². The van der Waals surface area contributed by atoms with Crippen molar-refractivity contribution in [1.82, 2.24) is 0 Å². The van der Waals surface area contributed by atoms with Crippen molar-refractivity contribution in [3.63, 3.8) is 0 Å². The van der Waals surface area contributed by atoms with Crippen molar-refractivity contribution in [2.24, 2.45) is 0 Å². The van der Waals surface area contributed by atoms with Crippen LogP contribution >= 0.6 is 0 Å². The molecule has 0 aromatic heterocycles. The van der Waals surface area contributed by atoms with Gasteiger partial charge in [-0.2, -0.15) is 0 Å². The van der Waals surface area contributed by atoms with E-state index in [1.807, 2.05) is 0 Å². The SMILES string of the molecule is C=C(CCC(=C)N(c1ccccc1)c1ccc(-c2ccccc2)cc1)c1cccc2c1Oc1cc3ccccc3cc1C21c2ccccc2-c2ccccc21. The number of rotatable bonds is 8. The van der Waals surface area contributed by atoms with E-state index in [1.54, 1.807) is 0 Å². The smallest absolute Gasteiger partial charge is 0.139 e. The standard InChI is InChI=1S/C53H39NO/c1-36(28-29-37(2)54(42-20-7-4-8-21-42)43-32-30-39(31-33-43)38-16-5-3-6-17-38)44-24-15-27-49-52(44)55-51-35-41-19-10-9-18-40(41)34-50(51)53(49)47-25-13-11-22-45(47)46-23-12-14-26-48(46)53/h3-27,30-35H,1-2,28-29H2. The van der Waals surface area contributed by atoms with E-state index in [9.17, 15) is 0 Å². The second-order valence-electron chi connectivity index (χ2n) is 14.6. The number of hydrogen-bond donors (Lipinski definition) is 0. The lowest BCUT2D eigenvalue weighted by Crippen LogP contribution is -2.32. The van der Waals surface area contributed by atoms with E-state index in [2.05, 4.69) is 200 Å². The first-order chi connectivity index (χ1) is 27.1. The molecule has 0 radical (unpaired) electrons. The Morgan fingerprint density at radius 2 is 1.02 bits per heavy atom. The van der Waals surface area contributed by atoms with Crippen LogP contribution in [0.15, 0.2) is 207 Å². The van der Waals surface area contributed by atoms with Crippen molar-refractivity contribution < 1.29 is 4.74 Å². The van der Waals surface area contributed by atoms with Gasteiger partial charge >= 0.3 is 0 Å². The summed E-state index contributed by atoms with van der Waals surface area (Å²) in [6.45, 7) is 9.39. The van der Waals surface area contributed by atoms with Gasteiger partial charge in [0.15, 0.2) is 0 Å². The Morgan fingerprint density at radius 1 is 0.473 bits per heavy atom. The molecule has 0 atom stereocenters. The van der Waals surface area contributed by atoms with Gasteiger partial charge in [-0.3, -0.25) is 0 Å². The fourth-order valence-electron chi connectivity index (χ4n) is 8.95. The zero-order valence-electron chi connectivity index (χ0n) is 30.6. The Balaban J connectivity index is 1.04. The van der Waals surface area contributed by atoms with Crippen molar-refractivity contribution in [1.29, 1.82) is 0 Å². The zero-order valence-corrected chi connectivity index (χ0v) is 30.6. The van der Waals surface area contributed by atoms with Gasteiger partial charge in [-0.15, -0.1) is 0 Å². The summed E-state index contributed by atoms with van der Waals surface area (Å²) in [7, 11) is 0. The predicted molar refractivity (Wildman–Crippen MR) is 229 cm³/mol. The Bertz CT molecular complexity index is 2720. The summed E-state index contributed by atoms with van der Waals surface area (Å²) in [4.78, 5) is 2.27. The molecule has 2 nitrogen and oxygen atoms in total. The molecule has 0 amide bonds. The molecule has 2 heteroatoms. The number of ether oxygens (including phenoxy) is 1. The fourth-order valence-corrected chi connectivity index (χ4v) is 8.95. The first-order valence-corrected chi connectivity index (χ1v) is 19.0. The summed E-state index contributed by atoms with van der Waals surface area (Å²) >= 11 is 0. The molecule has 10 rings (SSSR count). The van der Waals surface area contributed by atoms with Gasteiger partial charge in [0.25, 0.3) is 0 Å². The van der Waals surface area contributed by atoms with Crippen LogP contribution in [0.5, 0.6) is 11.5 Å².